The van der Waals surface area contributed by atoms with Crippen LogP contribution in [0.5, 0.6) is 0 Å². The minimum Gasteiger partial charge on any atom is -0.462 e. The molecule has 0 aliphatic carbocycles. The van der Waals surface area contributed by atoms with Crippen LogP contribution in [0.15, 0.2) is 85.1 Å². The predicted octanol–water partition coefficient (Wildman–Crippen LogP) is 16.3. The maximum atomic E-state index is 13.2. The van der Waals surface area contributed by atoms with E-state index in [2.05, 4.69) is 111 Å². The molecular weight excluding hydrogens is 791 g/mol. The summed E-state index contributed by atoms with van der Waals surface area (Å²) < 4.78 is 5.91. The average Bonchev–Trinajstić information content (AvgIpc) is 3.29. The first kappa shape index (κ1) is 61.0. The highest BCUT2D eigenvalue weighted by Crippen LogP contribution is 2.17. The van der Waals surface area contributed by atoms with Crippen molar-refractivity contribution in [3.63, 3.8) is 0 Å². The Bertz CT molecular complexity index is 1230. The summed E-state index contributed by atoms with van der Waals surface area (Å²) in [7, 11) is 0. The Balaban J connectivity index is 4.64. The second kappa shape index (κ2) is 51.0. The number of amides is 1. The summed E-state index contributed by atoms with van der Waals surface area (Å²) in [5.74, 6) is -0.544. The van der Waals surface area contributed by atoms with Gasteiger partial charge >= 0.3 is 5.97 Å². The molecule has 0 rings (SSSR count). The molecule has 0 saturated carbocycles. The molecule has 0 fully saturated rings. The zero-order valence-corrected chi connectivity index (χ0v) is 41.9. The molecule has 0 aromatic heterocycles. The lowest BCUT2D eigenvalue weighted by Gasteiger charge is -2.24. The van der Waals surface area contributed by atoms with Gasteiger partial charge in [-0.25, -0.2) is 0 Å². The molecule has 0 heterocycles. The Hall–Kier alpha value is -2.96. The monoisotopic (exact) mass is 892 g/mol. The molecule has 0 aromatic carbocycles. The fourth-order valence-electron chi connectivity index (χ4n) is 7.78. The number of hydrogen-bond acceptors (Lipinski definition) is 5. The average molecular weight is 892 g/mol. The van der Waals surface area contributed by atoms with Crippen LogP contribution in [0.1, 0.15) is 245 Å². The second-order valence-corrected chi connectivity index (χ2v) is 17.9. The van der Waals surface area contributed by atoms with E-state index < -0.39 is 18.2 Å². The lowest BCUT2D eigenvalue weighted by molar-refractivity contribution is -0.151. The van der Waals surface area contributed by atoms with Crippen LogP contribution < -0.4 is 5.32 Å². The molecule has 0 aliphatic rings. The van der Waals surface area contributed by atoms with Crippen LogP contribution in [0.3, 0.4) is 0 Å². The van der Waals surface area contributed by atoms with Gasteiger partial charge in [0.15, 0.2) is 0 Å². The third-order valence-electron chi connectivity index (χ3n) is 11.8. The van der Waals surface area contributed by atoms with Crippen molar-refractivity contribution in [3.8, 4) is 0 Å². The Morgan fingerprint density at radius 2 is 0.938 bits per heavy atom. The third kappa shape index (κ3) is 45.6. The SMILES string of the molecule is CC/C=C/C=C/C=C/CCCCCCCCCC(=O)OC(CCC/C=C/C/C=C/C/C=C/C/C=C/CC)CC(=O)NC(CO)C(O)CCCCCCCCCCCCCCCCCC. The fourth-order valence-corrected chi connectivity index (χ4v) is 7.78. The molecule has 0 aromatic rings. The van der Waals surface area contributed by atoms with E-state index in [9.17, 15) is 19.8 Å². The van der Waals surface area contributed by atoms with Gasteiger partial charge in [-0.2, -0.15) is 0 Å². The zero-order chi connectivity index (χ0) is 46.7. The van der Waals surface area contributed by atoms with E-state index in [1.165, 1.54) is 109 Å². The van der Waals surface area contributed by atoms with Gasteiger partial charge in [0.2, 0.25) is 5.91 Å². The Morgan fingerprint density at radius 1 is 0.484 bits per heavy atom. The number of allylic oxidation sites excluding steroid dienone is 14. The van der Waals surface area contributed by atoms with E-state index in [1.54, 1.807) is 0 Å². The van der Waals surface area contributed by atoms with Gasteiger partial charge in [0.1, 0.15) is 6.10 Å². The summed E-state index contributed by atoms with van der Waals surface area (Å²) in [6.07, 6.45) is 66.5. The molecule has 0 spiro atoms. The number of unbranched alkanes of at least 4 members (excludes halogenated alkanes) is 23. The molecule has 3 N–H and O–H groups in total. The van der Waals surface area contributed by atoms with Crippen LogP contribution in [-0.4, -0.2) is 46.9 Å². The number of nitrogens with one attached hydrogen (secondary N) is 1. The molecule has 3 unspecified atom stereocenters. The summed E-state index contributed by atoms with van der Waals surface area (Å²) in [6.45, 7) is 6.23. The normalized spacial score (nSPS) is 13.9. The van der Waals surface area contributed by atoms with Crippen LogP contribution in [0, 0.1) is 0 Å². The fraction of sp³-hybridized carbons (Fsp3) is 0.724. The molecule has 0 aliphatic heterocycles. The van der Waals surface area contributed by atoms with Gasteiger partial charge in [0.25, 0.3) is 0 Å². The van der Waals surface area contributed by atoms with Crippen molar-refractivity contribution in [1.82, 2.24) is 5.32 Å². The van der Waals surface area contributed by atoms with Gasteiger partial charge in [-0.3, -0.25) is 9.59 Å². The van der Waals surface area contributed by atoms with Crippen molar-refractivity contribution in [1.29, 1.82) is 0 Å². The van der Waals surface area contributed by atoms with E-state index in [0.29, 0.717) is 19.3 Å². The molecule has 64 heavy (non-hydrogen) atoms. The van der Waals surface area contributed by atoms with E-state index in [0.717, 1.165) is 89.9 Å². The lowest BCUT2D eigenvalue weighted by atomic mass is 10.0. The smallest absolute Gasteiger partial charge is 0.306 e. The van der Waals surface area contributed by atoms with Crippen molar-refractivity contribution < 1.29 is 24.5 Å². The first-order valence-corrected chi connectivity index (χ1v) is 26.8. The molecule has 368 valence electrons. The number of esters is 1. The van der Waals surface area contributed by atoms with E-state index in [-0.39, 0.29) is 24.9 Å². The molecule has 0 bridgehead atoms. The van der Waals surface area contributed by atoms with Gasteiger partial charge < -0.3 is 20.3 Å². The highest BCUT2D eigenvalue weighted by atomic mass is 16.5. The Kier molecular flexibility index (Phi) is 48.7. The number of ether oxygens (including phenoxy) is 1. The quantitative estimate of drug-likeness (QED) is 0.0245. The minimum atomic E-state index is -0.808. The van der Waals surface area contributed by atoms with Crippen molar-refractivity contribution in [3.05, 3.63) is 85.1 Å². The van der Waals surface area contributed by atoms with Crippen molar-refractivity contribution >= 4 is 11.9 Å². The second-order valence-electron chi connectivity index (χ2n) is 17.9. The number of hydrogen-bond donors (Lipinski definition) is 3. The van der Waals surface area contributed by atoms with Crippen molar-refractivity contribution in [2.24, 2.45) is 0 Å². The van der Waals surface area contributed by atoms with E-state index >= 15 is 0 Å². The maximum absolute atomic E-state index is 13.2. The van der Waals surface area contributed by atoms with Gasteiger partial charge in [-0.1, -0.05) is 241 Å². The van der Waals surface area contributed by atoms with Crippen molar-refractivity contribution in [2.75, 3.05) is 6.61 Å². The maximum Gasteiger partial charge on any atom is 0.306 e. The number of aliphatic hydroxyl groups is 2. The molecule has 3 atom stereocenters. The van der Waals surface area contributed by atoms with Gasteiger partial charge in [0, 0.05) is 6.42 Å². The third-order valence-corrected chi connectivity index (χ3v) is 11.8. The summed E-state index contributed by atoms with van der Waals surface area (Å²) in [6, 6.07) is -0.726. The number of carbonyl (C=O) groups is 2. The summed E-state index contributed by atoms with van der Waals surface area (Å²) in [4.78, 5) is 26.2. The summed E-state index contributed by atoms with van der Waals surface area (Å²) in [5, 5.41) is 23.8. The van der Waals surface area contributed by atoms with Gasteiger partial charge in [0.05, 0.1) is 25.2 Å². The molecule has 6 heteroatoms. The van der Waals surface area contributed by atoms with E-state index in [1.807, 2.05) is 0 Å². The van der Waals surface area contributed by atoms with Crippen LogP contribution in [0.4, 0.5) is 0 Å². The van der Waals surface area contributed by atoms with Gasteiger partial charge in [-0.15, -0.1) is 0 Å². The molecule has 1 amide bonds. The summed E-state index contributed by atoms with van der Waals surface area (Å²) in [5.41, 5.74) is 0. The largest absolute Gasteiger partial charge is 0.462 e. The predicted molar refractivity (Wildman–Crippen MR) is 278 cm³/mol. The number of rotatable bonds is 47. The van der Waals surface area contributed by atoms with Crippen molar-refractivity contribution in [2.45, 2.75) is 264 Å². The molecule has 0 radical (unpaired) electrons. The zero-order valence-electron chi connectivity index (χ0n) is 41.9. The molecular formula is C58H101NO5. The number of aliphatic hydroxyl groups excluding tert-OH is 2. The molecule has 6 nitrogen and oxygen atoms in total. The summed E-state index contributed by atoms with van der Waals surface area (Å²) >= 11 is 0. The van der Waals surface area contributed by atoms with E-state index in [4.69, 9.17) is 4.74 Å². The highest BCUT2D eigenvalue weighted by Gasteiger charge is 2.24. The standard InChI is InChI=1S/C58H101NO5/c1-4-7-10-13-16-19-22-25-28-30-32-35-38-41-44-47-50-56(61)55(53-60)59-57(62)52-54(49-46-43-40-37-34-31-27-24-21-18-15-12-9-6-3)64-58(63)51-48-45-42-39-36-33-29-26-23-20-17-14-11-8-5-2/h8-9,11-12,14,17-18,20-21,23,27,31,37,40,54-56,60-61H,4-7,10,13,15-16,19,22,24-26,28-30,32-36,38-39,41-53H2,1-3H3,(H,59,62)/b11-8+,12-9+,17-14+,21-18+,23-20+,31-27+,40-37+. The first-order valence-electron chi connectivity index (χ1n) is 26.8. The topological polar surface area (TPSA) is 95.9 Å². The minimum absolute atomic E-state index is 0.0313. The van der Waals surface area contributed by atoms with Gasteiger partial charge in [-0.05, 0) is 77.0 Å². The number of carbonyl (C=O) groups excluding carboxylic acids is 2. The highest BCUT2D eigenvalue weighted by molar-refractivity contribution is 5.77. The van der Waals surface area contributed by atoms with Crippen LogP contribution >= 0.6 is 0 Å². The first-order chi connectivity index (χ1) is 31.5. The van der Waals surface area contributed by atoms with Crippen LogP contribution in [0.25, 0.3) is 0 Å². The van der Waals surface area contributed by atoms with Crippen LogP contribution in [0.2, 0.25) is 0 Å². The Morgan fingerprint density at radius 3 is 1.47 bits per heavy atom. The van der Waals surface area contributed by atoms with Crippen LogP contribution in [-0.2, 0) is 14.3 Å². The lowest BCUT2D eigenvalue weighted by Crippen LogP contribution is -2.46. The molecule has 0 saturated heterocycles. The Labute approximate surface area is 395 Å².